The third-order valence-electron chi connectivity index (χ3n) is 3.68. The summed E-state index contributed by atoms with van der Waals surface area (Å²) in [6.45, 7) is 2.18. The number of amides is 1. The Kier molecular flexibility index (Phi) is 9.08. The summed E-state index contributed by atoms with van der Waals surface area (Å²) in [6, 6.07) is 17.7. The molecule has 0 heterocycles. The zero-order valence-electron chi connectivity index (χ0n) is 14.0. The van der Waals surface area contributed by atoms with E-state index >= 15 is 0 Å². The lowest BCUT2D eigenvalue weighted by atomic mass is 10.1. The third kappa shape index (κ3) is 5.96. The average molecular weight is 349 g/mol. The van der Waals surface area contributed by atoms with Crippen LogP contribution in [-0.4, -0.2) is 37.6 Å². The van der Waals surface area contributed by atoms with Gasteiger partial charge >= 0.3 is 0 Å². The fraction of sp³-hybridized carbons (Fsp3) is 0.316. The Hall–Kier alpha value is -1.88. The number of nitrogens with zero attached hydrogens (tertiary/aromatic N) is 1. The number of methoxy groups -OCH3 is 1. The molecule has 0 unspecified atom stereocenters. The van der Waals surface area contributed by atoms with Crippen molar-refractivity contribution in [2.75, 3.05) is 26.7 Å². The van der Waals surface area contributed by atoms with E-state index < -0.39 is 0 Å². The Bertz CT molecular complexity index is 620. The molecule has 2 N–H and O–H groups in total. The number of hydrogen-bond acceptors (Lipinski definition) is 3. The van der Waals surface area contributed by atoms with Gasteiger partial charge in [-0.15, -0.1) is 12.4 Å². The Morgan fingerprint density at radius 1 is 1.04 bits per heavy atom. The number of carbonyl (C=O) groups excluding carboxylic acids is 1. The maximum atomic E-state index is 12.7. The van der Waals surface area contributed by atoms with E-state index in [1.807, 2.05) is 47.4 Å². The maximum Gasteiger partial charge on any atom is 0.253 e. The molecule has 0 spiro atoms. The van der Waals surface area contributed by atoms with Crippen LogP contribution in [-0.2, 0) is 17.8 Å². The number of hydrogen-bond donors (Lipinski definition) is 1. The molecule has 0 aliphatic rings. The lowest BCUT2D eigenvalue weighted by Gasteiger charge is -2.22. The van der Waals surface area contributed by atoms with Gasteiger partial charge in [0.15, 0.2) is 0 Å². The zero-order valence-corrected chi connectivity index (χ0v) is 14.8. The van der Waals surface area contributed by atoms with Crippen molar-refractivity contribution < 1.29 is 9.53 Å². The van der Waals surface area contributed by atoms with Crippen LogP contribution in [0.15, 0.2) is 54.6 Å². The standard InChI is InChI=1S/C19H24N2O2.ClH/c1-23-15-17-8-5-9-18(14-17)19(22)21(13-11-20)12-10-16-6-3-2-4-7-16;/h2-9,14H,10-13,15,20H2,1H3;1H. The van der Waals surface area contributed by atoms with E-state index in [0.717, 1.165) is 12.0 Å². The van der Waals surface area contributed by atoms with Crippen LogP contribution in [0.1, 0.15) is 21.5 Å². The molecule has 4 nitrogen and oxygen atoms in total. The summed E-state index contributed by atoms with van der Waals surface area (Å²) >= 11 is 0. The fourth-order valence-electron chi connectivity index (χ4n) is 2.52. The van der Waals surface area contributed by atoms with Crippen molar-refractivity contribution in [2.45, 2.75) is 13.0 Å². The van der Waals surface area contributed by atoms with Gasteiger partial charge in [-0.1, -0.05) is 42.5 Å². The summed E-state index contributed by atoms with van der Waals surface area (Å²) in [5.41, 5.74) is 8.57. The van der Waals surface area contributed by atoms with Gasteiger partial charge in [0, 0.05) is 32.3 Å². The van der Waals surface area contributed by atoms with Crippen LogP contribution in [0.5, 0.6) is 0 Å². The molecular formula is C19H25ClN2O2. The second kappa shape index (κ2) is 10.8. The molecule has 2 aromatic rings. The van der Waals surface area contributed by atoms with Crippen molar-refractivity contribution in [1.82, 2.24) is 4.90 Å². The summed E-state index contributed by atoms with van der Waals surface area (Å²) in [5, 5.41) is 0. The molecule has 24 heavy (non-hydrogen) atoms. The molecule has 0 aliphatic carbocycles. The van der Waals surface area contributed by atoms with Crippen LogP contribution in [0, 0.1) is 0 Å². The van der Waals surface area contributed by atoms with E-state index in [2.05, 4.69) is 12.1 Å². The monoisotopic (exact) mass is 348 g/mol. The van der Waals surface area contributed by atoms with Crippen LogP contribution in [0.2, 0.25) is 0 Å². The Balaban J connectivity index is 0.00000288. The predicted molar refractivity (Wildman–Crippen MR) is 99.5 cm³/mol. The predicted octanol–water partition coefficient (Wildman–Crippen LogP) is 2.90. The molecule has 0 saturated heterocycles. The largest absolute Gasteiger partial charge is 0.380 e. The highest BCUT2D eigenvalue weighted by Crippen LogP contribution is 2.11. The van der Waals surface area contributed by atoms with Gasteiger partial charge in [-0.05, 0) is 29.7 Å². The highest BCUT2D eigenvalue weighted by molar-refractivity contribution is 5.94. The first-order valence-electron chi connectivity index (χ1n) is 7.85. The number of halogens is 1. The van der Waals surface area contributed by atoms with E-state index in [0.29, 0.717) is 31.8 Å². The smallest absolute Gasteiger partial charge is 0.253 e. The molecule has 0 aliphatic heterocycles. The van der Waals surface area contributed by atoms with Gasteiger partial charge in [0.1, 0.15) is 0 Å². The maximum absolute atomic E-state index is 12.7. The van der Waals surface area contributed by atoms with Crippen molar-refractivity contribution in [1.29, 1.82) is 0 Å². The fourth-order valence-corrected chi connectivity index (χ4v) is 2.52. The first-order chi connectivity index (χ1) is 11.2. The molecule has 0 radical (unpaired) electrons. The minimum atomic E-state index is 0. The molecule has 0 atom stereocenters. The SMILES string of the molecule is COCc1cccc(C(=O)N(CCN)CCc2ccccc2)c1.Cl. The molecule has 5 heteroatoms. The number of ether oxygens (including phenoxy) is 1. The summed E-state index contributed by atoms with van der Waals surface area (Å²) in [6.07, 6.45) is 0.824. The Morgan fingerprint density at radius 2 is 1.75 bits per heavy atom. The van der Waals surface area contributed by atoms with E-state index in [1.165, 1.54) is 5.56 Å². The normalized spacial score (nSPS) is 10.1. The molecule has 1 amide bonds. The van der Waals surface area contributed by atoms with Crippen molar-refractivity contribution in [2.24, 2.45) is 5.73 Å². The molecular weight excluding hydrogens is 324 g/mol. The first kappa shape index (κ1) is 20.2. The number of benzene rings is 2. The van der Waals surface area contributed by atoms with Crippen LogP contribution < -0.4 is 5.73 Å². The van der Waals surface area contributed by atoms with Gasteiger partial charge in [0.25, 0.3) is 5.91 Å². The minimum Gasteiger partial charge on any atom is -0.380 e. The van der Waals surface area contributed by atoms with Crippen LogP contribution >= 0.6 is 12.4 Å². The third-order valence-corrected chi connectivity index (χ3v) is 3.68. The molecule has 130 valence electrons. The summed E-state index contributed by atoms with van der Waals surface area (Å²) in [7, 11) is 1.65. The topological polar surface area (TPSA) is 55.6 Å². The molecule has 2 aromatic carbocycles. The minimum absolute atomic E-state index is 0. The quantitative estimate of drug-likeness (QED) is 0.798. The summed E-state index contributed by atoms with van der Waals surface area (Å²) in [4.78, 5) is 14.6. The molecule has 0 bridgehead atoms. The van der Waals surface area contributed by atoms with Gasteiger partial charge in [-0.2, -0.15) is 0 Å². The van der Waals surface area contributed by atoms with Gasteiger partial charge in [-0.25, -0.2) is 0 Å². The average Bonchev–Trinajstić information content (AvgIpc) is 2.59. The first-order valence-corrected chi connectivity index (χ1v) is 7.85. The van der Waals surface area contributed by atoms with Crippen LogP contribution in [0.25, 0.3) is 0 Å². The molecule has 0 saturated carbocycles. The molecule has 0 aromatic heterocycles. The van der Waals surface area contributed by atoms with Crippen molar-refractivity contribution >= 4 is 18.3 Å². The highest BCUT2D eigenvalue weighted by Gasteiger charge is 2.15. The number of carbonyl (C=O) groups is 1. The summed E-state index contributed by atoms with van der Waals surface area (Å²) < 4.78 is 5.13. The van der Waals surface area contributed by atoms with E-state index in [9.17, 15) is 4.79 Å². The number of rotatable bonds is 8. The van der Waals surface area contributed by atoms with Gasteiger partial charge in [0.2, 0.25) is 0 Å². The molecule has 2 rings (SSSR count). The lowest BCUT2D eigenvalue weighted by Crippen LogP contribution is -2.37. The van der Waals surface area contributed by atoms with E-state index in [1.54, 1.807) is 7.11 Å². The Labute approximate surface area is 150 Å². The Morgan fingerprint density at radius 3 is 2.42 bits per heavy atom. The van der Waals surface area contributed by atoms with Gasteiger partial charge < -0.3 is 15.4 Å². The van der Waals surface area contributed by atoms with Gasteiger partial charge in [0.05, 0.1) is 6.61 Å². The molecule has 0 fully saturated rings. The lowest BCUT2D eigenvalue weighted by molar-refractivity contribution is 0.0761. The summed E-state index contributed by atoms with van der Waals surface area (Å²) in [5.74, 6) is 0.0179. The van der Waals surface area contributed by atoms with Gasteiger partial charge in [-0.3, -0.25) is 4.79 Å². The zero-order chi connectivity index (χ0) is 16.5. The van der Waals surface area contributed by atoms with E-state index in [4.69, 9.17) is 10.5 Å². The van der Waals surface area contributed by atoms with E-state index in [-0.39, 0.29) is 18.3 Å². The highest BCUT2D eigenvalue weighted by atomic mass is 35.5. The van der Waals surface area contributed by atoms with Crippen molar-refractivity contribution in [3.05, 3.63) is 71.3 Å². The van der Waals surface area contributed by atoms with Crippen molar-refractivity contribution in [3.63, 3.8) is 0 Å². The second-order valence-corrected chi connectivity index (χ2v) is 5.45. The second-order valence-electron chi connectivity index (χ2n) is 5.45. The number of nitrogens with two attached hydrogens (primary N) is 1. The van der Waals surface area contributed by atoms with Crippen LogP contribution in [0.3, 0.4) is 0 Å². The van der Waals surface area contributed by atoms with Crippen molar-refractivity contribution in [3.8, 4) is 0 Å². The van der Waals surface area contributed by atoms with Crippen LogP contribution in [0.4, 0.5) is 0 Å².